The van der Waals surface area contributed by atoms with Gasteiger partial charge in [-0.25, -0.2) is 15.4 Å². The minimum Gasteiger partial charge on any atom is -0.493 e. The van der Waals surface area contributed by atoms with Crippen LogP contribution in [0.4, 0.5) is 11.5 Å². The largest absolute Gasteiger partial charge is 0.493 e. The molecule has 8 heteroatoms. The first-order valence-electron chi connectivity index (χ1n) is 9.74. The molecule has 0 fully saturated rings. The van der Waals surface area contributed by atoms with Crippen molar-refractivity contribution in [1.82, 2.24) is 15.4 Å². The summed E-state index contributed by atoms with van der Waals surface area (Å²) < 4.78 is 11.3. The number of carbonyl (C=O) groups is 1. The van der Waals surface area contributed by atoms with Crippen LogP contribution in [0.25, 0.3) is 10.9 Å². The molecule has 0 aliphatic heterocycles. The Morgan fingerprint density at radius 1 is 1.20 bits per heavy atom. The third kappa shape index (κ3) is 4.44. The first-order chi connectivity index (χ1) is 14.5. The van der Waals surface area contributed by atoms with Crippen LogP contribution in [0.15, 0.2) is 42.5 Å². The normalized spacial score (nSPS) is 11.8. The average Bonchev–Trinajstić information content (AvgIpc) is 2.77. The van der Waals surface area contributed by atoms with Crippen LogP contribution in [0, 0.1) is 6.92 Å². The lowest BCUT2D eigenvalue weighted by atomic mass is 10.2. The molecule has 0 saturated carbocycles. The summed E-state index contributed by atoms with van der Waals surface area (Å²) in [6.45, 7) is 3.79. The van der Waals surface area contributed by atoms with E-state index in [4.69, 9.17) is 14.7 Å². The summed E-state index contributed by atoms with van der Waals surface area (Å²) in [6.07, 6.45) is 0.328. The first kappa shape index (κ1) is 21.3. The second-order valence-corrected chi connectivity index (χ2v) is 6.88. The van der Waals surface area contributed by atoms with Gasteiger partial charge in [0.25, 0.3) is 5.91 Å². The van der Waals surface area contributed by atoms with Crippen LogP contribution < -0.4 is 19.9 Å². The van der Waals surface area contributed by atoms with Crippen LogP contribution in [-0.2, 0) is 4.79 Å². The van der Waals surface area contributed by atoms with Gasteiger partial charge in [0, 0.05) is 24.2 Å². The molecule has 158 valence electrons. The number of methoxy groups -OCH3 is 1. The average molecular weight is 410 g/mol. The first-order valence-corrected chi connectivity index (χ1v) is 9.74. The summed E-state index contributed by atoms with van der Waals surface area (Å²) in [4.78, 5) is 23.0. The number of hydrogen-bond acceptors (Lipinski definition) is 7. The number of rotatable bonds is 8. The molecule has 0 aliphatic rings. The molecule has 1 unspecified atom stereocenters. The number of fused-ring (bicyclic) bond motifs is 1. The molecule has 0 spiro atoms. The van der Waals surface area contributed by atoms with E-state index < -0.39 is 12.0 Å². The second-order valence-electron chi connectivity index (χ2n) is 6.88. The molecule has 2 aromatic carbocycles. The quantitative estimate of drug-likeness (QED) is 0.431. The molecule has 3 aromatic rings. The zero-order valence-corrected chi connectivity index (χ0v) is 17.5. The van der Waals surface area contributed by atoms with Gasteiger partial charge < -0.3 is 14.4 Å². The van der Waals surface area contributed by atoms with Gasteiger partial charge in [-0.05, 0) is 37.6 Å². The van der Waals surface area contributed by atoms with E-state index in [0.29, 0.717) is 30.2 Å². The van der Waals surface area contributed by atoms with Crippen molar-refractivity contribution >= 4 is 28.3 Å². The molecule has 3 rings (SSSR count). The number of nitrogens with one attached hydrogen (secondary N) is 1. The number of carbonyl (C=O) groups excluding carboxylic acids is 1. The second kappa shape index (κ2) is 9.41. The minimum absolute atomic E-state index is 0.402. The molecule has 8 nitrogen and oxygen atoms in total. The summed E-state index contributed by atoms with van der Waals surface area (Å²) in [7, 11) is 3.44. The van der Waals surface area contributed by atoms with Crippen LogP contribution in [-0.4, -0.2) is 41.3 Å². The summed E-state index contributed by atoms with van der Waals surface area (Å²) >= 11 is 0. The number of hydroxylamine groups is 1. The molecule has 0 saturated heterocycles. The lowest BCUT2D eigenvalue weighted by Crippen LogP contribution is -2.36. The molecule has 1 heterocycles. The molecule has 1 aromatic heterocycles. The number of anilines is 2. The number of para-hydroxylation sites is 1. The molecular weight excluding hydrogens is 384 g/mol. The molecule has 0 bridgehead atoms. The SMILES string of the molecule is CCCC(Oc1cc(N(C)c2nc(C)nc3ccccc23)ccc1OC)C(=O)NO. The van der Waals surface area contributed by atoms with Gasteiger partial charge in [-0.1, -0.05) is 25.5 Å². The highest BCUT2D eigenvalue weighted by Gasteiger charge is 2.22. The lowest BCUT2D eigenvalue weighted by Gasteiger charge is -2.23. The fourth-order valence-corrected chi connectivity index (χ4v) is 3.25. The predicted molar refractivity (Wildman–Crippen MR) is 115 cm³/mol. The summed E-state index contributed by atoms with van der Waals surface area (Å²) in [5.41, 5.74) is 3.33. The van der Waals surface area contributed by atoms with Gasteiger partial charge in [-0.2, -0.15) is 0 Å². The van der Waals surface area contributed by atoms with E-state index >= 15 is 0 Å². The number of nitrogens with zero attached hydrogens (tertiary/aromatic N) is 3. The van der Waals surface area contributed by atoms with Crippen LogP contribution in [0.5, 0.6) is 11.5 Å². The fourth-order valence-electron chi connectivity index (χ4n) is 3.25. The van der Waals surface area contributed by atoms with Gasteiger partial charge in [0.05, 0.1) is 12.6 Å². The Kier molecular flexibility index (Phi) is 6.68. The highest BCUT2D eigenvalue weighted by Crippen LogP contribution is 2.36. The maximum atomic E-state index is 12.0. The molecule has 0 radical (unpaired) electrons. The van der Waals surface area contributed by atoms with E-state index in [-0.39, 0.29) is 0 Å². The topological polar surface area (TPSA) is 96.8 Å². The third-order valence-electron chi connectivity index (χ3n) is 4.77. The zero-order valence-electron chi connectivity index (χ0n) is 17.5. The predicted octanol–water partition coefficient (Wildman–Crippen LogP) is 3.77. The highest BCUT2D eigenvalue weighted by molar-refractivity contribution is 5.91. The standard InChI is InChI=1S/C22H26N4O4/c1-5-8-19(22(27)25-28)30-20-13-15(11-12-18(20)29-4)26(3)21-16-9-6-7-10-17(16)23-14(2)24-21/h6-7,9-13,19,28H,5,8H2,1-4H3,(H,25,27). The lowest BCUT2D eigenvalue weighted by molar-refractivity contribution is -0.136. The van der Waals surface area contributed by atoms with Crippen LogP contribution in [0.3, 0.4) is 0 Å². The molecule has 2 N–H and O–H groups in total. The number of ether oxygens (including phenoxy) is 2. The Bertz CT molecular complexity index is 1040. The van der Waals surface area contributed by atoms with E-state index in [1.54, 1.807) is 17.6 Å². The molecule has 1 amide bonds. The van der Waals surface area contributed by atoms with Crippen molar-refractivity contribution in [2.45, 2.75) is 32.8 Å². The summed E-state index contributed by atoms with van der Waals surface area (Å²) in [6, 6.07) is 13.3. The van der Waals surface area contributed by atoms with Gasteiger partial charge in [0.1, 0.15) is 11.6 Å². The minimum atomic E-state index is -0.836. The Morgan fingerprint density at radius 2 is 1.97 bits per heavy atom. The number of amides is 1. The number of benzene rings is 2. The van der Waals surface area contributed by atoms with Crippen molar-refractivity contribution in [3.8, 4) is 11.5 Å². The Morgan fingerprint density at radius 3 is 2.67 bits per heavy atom. The Hall–Kier alpha value is -3.39. The number of aromatic nitrogens is 2. The molecule has 30 heavy (non-hydrogen) atoms. The van der Waals surface area contributed by atoms with Gasteiger partial charge in [-0.15, -0.1) is 0 Å². The maximum absolute atomic E-state index is 12.0. The van der Waals surface area contributed by atoms with E-state index in [0.717, 1.165) is 22.4 Å². The van der Waals surface area contributed by atoms with Gasteiger partial charge in [-0.3, -0.25) is 10.0 Å². The van der Waals surface area contributed by atoms with Crippen molar-refractivity contribution < 1.29 is 19.5 Å². The van der Waals surface area contributed by atoms with Gasteiger partial charge in [0.15, 0.2) is 17.6 Å². The molecule has 1 atom stereocenters. The van der Waals surface area contributed by atoms with Gasteiger partial charge >= 0.3 is 0 Å². The Labute approximate surface area is 175 Å². The van der Waals surface area contributed by atoms with E-state index in [1.165, 1.54) is 7.11 Å². The smallest absolute Gasteiger partial charge is 0.284 e. The zero-order chi connectivity index (χ0) is 21.7. The van der Waals surface area contributed by atoms with E-state index in [2.05, 4.69) is 9.97 Å². The Balaban J connectivity index is 2.01. The number of hydrogen-bond donors (Lipinski definition) is 2. The van der Waals surface area contributed by atoms with Crippen molar-refractivity contribution in [3.63, 3.8) is 0 Å². The summed E-state index contributed by atoms with van der Waals surface area (Å²) in [5, 5.41) is 9.94. The van der Waals surface area contributed by atoms with Crippen LogP contribution >= 0.6 is 0 Å². The van der Waals surface area contributed by atoms with Crippen molar-refractivity contribution in [3.05, 3.63) is 48.3 Å². The van der Waals surface area contributed by atoms with Gasteiger partial charge in [0.2, 0.25) is 0 Å². The van der Waals surface area contributed by atoms with E-state index in [9.17, 15) is 4.79 Å². The van der Waals surface area contributed by atoms with Crippen molar-refractivity contribution in [2.75, 3.05) is 19.1 Å². The fraction of sp³-hybridized carbons (Fsp3) is 0.318. The third-order valence-corrected chi connectivity index (χ3v) is 4.77. The van der Waals surface area contributed by atoms with E-state index in [1.807, 2.05) is 56.1 Å². The van der Waals surface area contributed by atoms with Crippen molar-refractivity contribution in [2.24, 2.45) is 0 Å². The molecule has 0 aliphatic carbocycles. The molecular formula is C22H26N4O4. The van der Waals surface area contributed by atoms with Crippen LogP contribution in [0.2, 0.25) is 0 Å². The summed E-state index contributed by atoms with van der Waals surface area (Å²) in [5.74, 6) is 1.72. The maximum Gasteiger partial charge on any atom is 0.284 e. The van der Waals surface area contributed by atoms with Crippen molar-refractivity contribution in [1.29, 1.82) is 0 Å². The van der Waals surface area contributed by atoms with Crippen LogP contribution in [0.1, 0.15) is 25.6 Å². The highest BCUT2D eigenvalue weighted by atomic mass is 16.5. The monoisotopic (exact) mass is 410 g/mol. The number of aryl methyl sites for hydroxylation is 1.